The number of carbonyl (C=O) groups excluding carboxylic acids is 1. The third-order valence-electron chi connectivity index (χ3n) is 4.75. The molecule has 3 rings (SSSR count). The first-order valence-corrected chi connectivity index (χ1v) is 8.54. The Morgan fingerprint density at radius 1 is 1.26 bits per heavy atom. The van der Waals surface area contributed by atoms with Crippen LogP contribution in [-0.4, -0.2) is 32.8 Å². The van der Waals surface area contributed by atoms with E-state index in [0.29, 0.717) is 12.1 Å². The Balaban J connectivity index is 1.93. The van der Waals surface area contributed by atoms with Gasteiger partial charge in [0.2, 0.25) is 5.97 Å². The molecule has 1 atom stereocenters. The number of amides is 1. The lowest BCUT2D eigenvalue weighted by atomic mass is 9.60. The van der Waals surface area contributed by atoms with Crippen LogP contribution in [0.4, 0.5) is 20.2 Å². The average molecular weight is 368 g/mol. The van der Waals surface area contributed by atoms with Gasteiger partial charge in [0.05, 0.1) is 24.7 Å². The number of hydrogen-bond acceptors (Lipinski definition) is 4. The number of primary amides is 1. The van der Waals surface area contributed by atoms with Crippen molar-refractivity contribution in [2.75, 3.05) is 18.8 Å². The Morgan fingerprint density at radius 2 is 2.00 bits per heavy atom. The second-order valence-corrected chi connectivity index (χ2v) is 6.64. The van der Waals surface area contributed by atoms with Gasteiger partial charge in [0.1, 0.15) is 11.5 Å². The highest BCUT2D eigenvalue weighted by molar-refractivity contribution is 6.16. The van der Waals surface area contributed by atoms with Gasteiger partial charge in [-0.3, -0.25) is 4.79 Å². The van der Waals surface area contributed by atoms with Crippen LogP contribution in [0.15, 0.2) is 41.4 Å². The number of benzene rings is 2. The van der Waals surface area contributed by atoms with Crippen molar-refractivity contribution in [2.45, 2.75) is 18.2 Å². The Morgan fingerprint density at radius 3 is 2.63 bits per heavy atom. The van der Waals surface area contributed by atoms with Gasteiger partial charge in [0, 0.05) is 0 Å². The number of aliphatic imine (C=N–C) groups is 1. The van der Waals surface area contributed by atoms with Crippen LogP contribution in [-0.2, 0) is 5.31 Å². The molecule has 2 aromatic carbocycles. The second-order valence-electron chi connectivity index (χ2n) is 6.64. The van der Waals surface area contributed by atoms with Crippen molar-refractivity contribution in [2.24, 2.45) is 10.7 Å². The third kappa shape index (κ3) is 3.85. The highest BCUT2D eigenvalue weighted by atomic mass is 19.1. The number of nitrogen functional groups attached to an aromatic ring is 1. The first-order chi connectivity index (χ1) is 12.8. The van der Waals surface area contributed by atoms with Gasteiger partial charge < -0.3 is 16.8 Å². The van der Waals surface area contributed by atoms with Crippen LogP contribution in [0.2, 0.25) is 0 Å². The van der Waals surface area contributed by atoms with Crippen LogP contribution in [0.3, 0.4) is 0 Å². The lowest BCUT2D eigenvalue weighted by Gasteiger charge is -2.35. The molecule has 0 aromatic heterocycles. The minimum atomic E-state index is -1.01. The molecule has 1 amide bonds. The van der Waals surface area contributed by atoms with E-state index in [0.717, 1.165) is 19.4 Å². The van der Waals surface area contributed by atoms with E-state index in [9.17, 15) is 13.6 Å². The van der Waals surface area contributed by atoms with E-state index in [-0.39, 0.29) is 22.5 Å². The second kappa shape index (κ2) is 7.48. The summed E-state index contributed by atoms with van der Waals surface area (Å²) in [4.78, 5) is 15.0. The lowest BCUT2D eigenvalue weighted by Crippen LogP contribution is -2.43. The molecule has 5 nitrogen and oxygen atoms in total. The summed E-state index contributed by atoms with van der Waals surface area (Å²) in [5, 5.41) is 2.53. The number of anilines is 1. The highest BCUT2D eigenvalue weighted by Crippen LogP contribution is 2.31. The summed E-state index contributed by atoms with van der Waals surface area (Å²) >= 11 is 0. The summed E-state index contributed by atoms with van der Waals surface area (Å²) in [5.41, 5.74) is 11.1. The number of para-hydroxylation sites is 1. The molecule has 0 aliphatic carbocycles. The van der Waals surface area contributed by atoms with Crippen molar-refractivity contribution in [3.05, 3.63) is 58.9 Å². The molecule has 2 radical (unpaired) electrons. The van der Waals surface area contributed by atoms with Gasteiger partial charge in [-0.25, -0.2) is 9.38 Å². The van der Waals surface area contributed by atoms with E-state index in [1.54, 1.807) is 6.07 Å². The largest absolute Gasteiger partial charge is 0.397 e. The van der Waals surface area contributed by atoms with E-state index in [1.807, 2.05) is 0 Å². The van der Waals surface area contributed by atoms with Crippen LogP contribution < -0.4 is 16.8 Å². The Bertz CT molecular complexity index is 911. The molecule has 1 aliphatic heterocycles. The predicted molar refractivity (Wildman–Crippen MR) is 103 cm³/mol. The highest BCUT2D eigenvalue weighted by Gasteiger charge is 2.28. The van der Waals surface area contributed by atoms with Crippen molar-refractivity contribution in [3.8, 4) is 0 Å². The fraction of sp³-hybridized carbons (Fsp3) is 0.263. The van der Waals surface area contributed by atoms with Gasteiger partial charge >= 0.3 is 0 Å². The topological polar surface area (TPSA) is 93.5 Å². The Hall–Kier alpha value is -2.74. The maximum absolute atomic E-state index is 14.6. The zero-order valence-electron chi connectivity index (χ0n) is 14.6. The third-order valence-corrected chi connectivity index (χ3v) is 4.75. The maximum atomic E-state index is 14.6. The van der Waals surface area contributed by atoms with Crippen molar-refractivity contribution in [3.63, 3.8) is 0 Å². The zero-order chi connectivity index (χ0) is 19.6. The van der Waals surface area contributed by atoms with E-state index >= 15 is 0 Å². The number of nitrogens with one attached hydrogen (secondary N) is 1. The fourth-order valence-corrected chi connectivity index (χ4v) is 3.21. The van der Waals surface area contributed by atoms with Crippen LogP contribution in [0.5, 0.6) is 0 Å². The molecular weight excluding hydrogens is 349 g/mol. The van der Waals surface area contributed by atoms with Gasteiger partial charge in [-0.15, -0.1) is 0 Å². The SMILES string of the molecule is [B]C1(c2ccc(N=C(F)c3cccc(C(N)=O)c3N)c(F)c2)CCCNC1. The quantitative estimate of drug-likeness (QED) is 0.439. The number of hydrogen-bond donors (Lipinski definition) is 3. The van der Waals surface area contributed by atoms with Crippen LogP contribution >= 0.6 is 0 Å². The van der Waals surface area contributed by atoms with Crippen molar-refractivity contribution in [1.82, 2.24) is 5.32 Å². The zero-order valence-corrected chi connectivity index (χ0v) is 14.6. The molecule has 1 saturated heterocycles. The minimum absolute atomic E-state index is 0.0245. The number of nitrogens with zero attached hydrogens (tertiary/aromatic N) is 1. The molecule has 1 heterocycles. The predicted octanol–water partition coefficient (Wildman–Crippen LogP) is 2.30. The van der Waals surface area contributed by atoms with Crippen molar-refractivity contribution in [1.29, 1.82) is 0 Å². The van der Waals surface area contributed by atoms with Crippen LogP contribution in [0.1, 0.15) is 34.3 Å². The Kier molecular flexibility index (Phi) is 5.27. The Labute approximate surface area is 157 Å². The van der Waals surface area contributed by atoms with Crippen molar-refractivity contribution >= 4 is 31.1 Å². The summed E-state index contributed by atoms with van der Waals surface area (Å²) < 4.78 is 29.1. The lowest BCUT2D eigenvalue weighted by molar-refractivity contribution is 0.100. The molecule has 0 saturated carbocycles. The van der Waals surface area contributed by atoms with E-state index < -0.39 is 23.0 Å². The molecular formula is C19H19BF2N4O. The van der Waals surface area contributed by atoms with Gasteiger partial charge in [-0.1, -0.05) is 12.1 Å². The summed E-state index contributed by atoms with van der Waals surface area (Å²) in [5.74, 6) is -2.49. The molecule has 27 heavy (non-hydrogen) atoms. The van der Waals surface area contributed by atoms with Gasteiger partial charge in [0.25, 0.3) is 5.91 Å². The molecule has 1 fully saturated rings. The van der Waals surface area contributed by atoms with E-state index in [1.165, 1.54) is 30.3 Å². The van der Waals surface area contributed by atoms with Crippen molar-refractivity contribution < 1.29 is 13.6 Å². The smallest absolute Gasteiger partial charge is 0.250 e. The molecule has 5 N–H and O–H groups in total. The summed E-state index contributed by atoms with van der Waals surface area (Å²) in [6.45, 7) is 1.42. The fourth-order valence-electron chi connectivity index (χ4n) is 3.21. The number of rotatable bonds is 4. The van der Waals surface area contributed by atoms with Gasteiger partial charge in [0.15, 0.2) is 0 Å². The molecule has 8 heteroatoms. The average Bonchev–Trinajstić information content (AvgIpc) is 2.63. The first kappa shape index (κ1) is 19.0. The van der Waals surface area contributed by atoms with Gasteiger partial charge in [-0.2, -0.15) is 4.39 Å². The minimum Gasteiger partial charge on any atom is -0.397 e. The molecule has 1 aliphatic rings. The normalized spacial score (nSPS) is 20.4. The molecule has 1 unspecified atom stereocenters. The molecule has 138 valence electrons. The van der Waals surface area contributed by atoms with Crippen LogP contribution in [0.25, 0.3) is 0 Å². The first-order valence-electron chi connectivity index (χ1n) is 8.54. The monoisotopic (exact) mass is 368 g/mol. The molecule has 0 spiro atoms. The number of carbonyl (C=O) groups is 1. The van der Waals surface area contributed by atoms with Crippen LogP contribution in [0, 0.1) is 5.82 Å². The molecule has 2 aromatic rings. The summed E-state index contributed by atoms with van der Waals surface area (Å²) in [6.07, 6.45) is 1.62. The summed E-state index contributed by atoms with van der Waals surface area (Å²) in [7, 11) is 6.36. The van der Waals surface area contributed by atoms with Gasteiger partial charge in [-0.05, 0) is 61.1 Å². The molecule has 0 bridgehead atoms. The maximum Gasteiger partial charge on any atom is 0.250 e. The number of halogens is 2. The summed E-state index contributed by atoms with van der Waals surface area (Å²) in [6, 6.07) is 8.45. The number of piperidine rings is 1. The standard InChI is InChI=1S/C19H19BF2N4O/c20-19(7-2-8-25-10-19)11-5-6-15(14(21)9-11)26-17(22)12-3-1-4-13(16(12)23)18(24)27/h1,3-6,9,25H,2,7-8,10,23H2,(H2,24,27). The number of nitrogens with two attached hydrogens (primary N) is 2. The van der Waals surface area contributed by atoms with E-state index in [4.69, 9.17) is 19.3 Å². The van der Waals surface area contributed by atoms with E-state index in [2.05, 4.69) is 10.3 Å².